The Balaban J connectivity index is 2.36. The lowest BCUT2D eigenvalue weighted by Gasteiger charge is -1.99. The maximum Gasteiger partial charge on any atom is 0.234 e. The van der Waals surface area contributed by atoms with Crippen LogP contribution in [0.5, 0.6) is 0 Å². The minimum atomic E-state index is 0.0862. The van der Waals surface area contributed by atoms with Crippen LogP contribution in [0, 0.1) is 0 Å². The molecule has 0 saturated carbocycles. The summed E-state index contributed by atoms with van der Waals surface area (Å²) < 4.78 is 3.23. The summed E-state index contributed by atoms with van der Waals surface area (Å²) in [4.78, 5) is 12.2. The molecule has 17 heavy (non-hydrogen) atoms. The average molecular weight is 251 g/mol. The molecular weight excluding hydrogens is 244 g/mol. The number of nitrogens with zero attached hydrogens (tertiary/aromatic N) is 7. The Hall–Kier alpha value is -2.22. The highest BCUT2D eigenvalue weighted by molar-refractivity contribution is 6.28. The second kappa shape index (κ2) is 3.39. The molecule has 0 spiro atoms. The van der Waals surface area contributed by atoms with Gasteiger partial charge in [0, 0.05) is 7.05 Å². The molecule has 3 aromatic rings. The van der Waals surface area contributed by atoms with E-state index in [1.165, 1.54) is 4.68 Å². The van der Waals surface area contributed by atoms with Crippen molar-refractivity contribution in [2.45, 2.75) is 0 Å². The first-order valence-electron chi connectivity index (χ1n) is 4.69. The predicted molar refractivity (Wildman–Crippen MR) is 60.6 cm³/mol. The van der Waals surface area contributed by atoms with E-state index in [1.807, 2.05) is 0 Å². The Kier molecular flexibility index (Phi) is 1.99. The van der Waals surface area contributed by atoms with E-state index in [1.54, 1.807) is 24.0 Å². The third-order valence-corrected chi connectivity index (χ3v) is 2.49. The van der Waals surface area contributed by atoms with Crippen LogP contribution in [-0.2, 0) is 7.05 Å². The van der Waals surface area contributed by atoms with Gasteiger partial charge in [-0.15, -0.1) is 5.10 Å². The van der Waals surface area contributed by atoms with E-state index in [-0.39, 0.29) is 11.1 Å². The van der Waals surface area contributed by atoms with Crippen molar-refractivity contribution in [2.24, 2.45) is 7.05 Å². The number of hydrogen-bond acceptors (Lipinski definition) is 6. The Morgan fingerprint density at radius 1 is 1.29 bits per heavy atom. The van der Waals surface area contributed by atoms with Crippen molar-refractivity contribution in [3.8, 4) is 5.95 Å². The fourth-order valence-corrected chi connectivity index (χ4v) is 1.73. The number of rotatable bonds is 1. The predicted octanol–water partition coefficient (Wildman–Crippen LogP) is 0.180. The molecular formula is C8H7ClN8. The maximum absolute atomic E-state index is 5.75. The molecule has 0 aromatic carbocycles. The molecule has 2 N–H and O–H groups in total. The van der Waals surface area contributed by atoms with E-state index in [0.29, 0.717) is 17.1 Å². The van der Waals surface area contributed by atoms with Crippen molar-refractivity contribution < 1.29 is 0 Å². The van der Waals surface area contributed by atoms with Gasteiger partial charge in [0.05, 0.1) is 12.4 Å². The van der Waals surface area contributed by atoms with E-state index in [9.17, 15) is 0 Å². The number of imidazole rings is 1. The number of aryl methyl sites for hydroxylation is 1. The second-order valence-electron chi connectivity index (χ2n) is 3.37. The van der Waals surface area contributed by atoms with Crippen molar-refractivity contribution in [3.05, 3.63) is 17.7 Å². The molecule has 3 heterocycles. The quantitative estimate of drug-likeness (QED) is 0.619. The molecule has 0 radical (unpaired) electrons. The molecule has 0 bridgehead atoms. The van der Waals surface area contributed by atoms with Gasteiger partial charge in [-0.2, -0.15) is 14.6 Å². The van der Waals surface area contributed by atoms with Crippen molar-refractivity contribution in [1.82, 2.24) is 34.5 Å². The first-order chi connectivity index (χ1) is 8.16. The summed E-state index contributed by atoms with van der Waals surface area (Å²) in [5.74, 6) is 0.780. The smallest absolute Gasteiger partial charge is 0.234 e. The number of hydrogen-bond donors (Lipinski definition) is 1. The Labute approximate surface area is 100 Å². The SMILES string of the molecule is Cn1c(-n2ccnn2)nc2c(N)nc(Cl)nc21. The van der Waals surface area contributed by atoms with Crippen LogP contribution in [0.15, 0.2) is 12.4 Å². The van der Waals surface area contributed by atoms with Crippen LogP contribution in [0.25, 0.3) is 17.1 Å². The number of nitrogens with two attached hydrogens (primary N) is 1. The van der Waals surface area contributed by atoms with Crippen molar-refractivity contribution in [3.63, 3.8) is 0 Å². The summed E-state index contributed by atoms with van der Waals surface area (Å²) in [6.07, 6.45) is 3.23. The first-order valence-corrected chi connectivity index (χ1v) is 5.07. The second-order valence-corrected chi connectivity index (χ2v) is 3.71. The zero-order valence-corrected chi connectivity index (χ0v) is 9.50. The van der Waals surface area contributed by atoms with Gasteiger partial charge in [0.15, 0.2) is 17.0 Å². The van der Waals surface area contributed by atoms with E-state index < -0.39 is 0 Å². The highest BCUT2D eigenvalue weighted by Gasteiger charge is 2.15. The molecule has 0 amide bonds. The zero-order valence-electron chi connectivity index (χ0n) is 8.74. The molecule has 0 unspecified atom stereocenters. The summed E-state index contributed by atoms with van der Waals surface area (Å²) in [6.45, 7) is 0. The number of halogens is 1. The molecule has 8 nitrogen and oxygen atoms in total. The normalized spacial score (nSPS) is 11.2. The molecule has 0 aliphatic rings. The van der Waals surface area contributed by atoms with Crippen LogP contribution in [0.1, 0.15) is 0 Å². The molecule has 0 aliphatic carbocycles. The molecule has 0 atom stereocenters. The summed E-state index contributed by atoms with van der Waals surface area (Å²) in [6, 6.07) is 0. The lowest BCUT2D eigenvalue weighted by Crippen LogP contribution is -2.04. The third kappa shape index (κ3) is 1.41. The molecule has 3 rings (SSSR count). The fraction of sp³-hybridized carbons (Fsp3) is 0.125. The van der Waals surface area contributed by atoms with E-state index in [4.69, 9.17) is 17.3 Å². The van der Waals surface area contributed by atoms with Gasteiger partial charge in [-0.05, 0) is 11.6 Å². The Morgan fingerprint density at radius 2 is 2.12 bits per heavy atom. The molecule has 3 aromatic heterocycles. The van der Waals surface area contributed by atoms with Gasteiger partial charge >= 0.3 is 0 Å². The minimum absolute atomic E-state index is 0.0862. The van der Waals surface area contributed by atoms with Crippen molar-refractivity contribution in [2.75, 3.05) is 5.73 Å². The average Bonchev–Trinajstić information content (AvgIpc) is 2.87. The highest BCUT2D eigenvalue weighted by atomic mass is 35.5. The summed E-state index contributed by atoms with van der Waals surface area (Å²) in [5, 5.41) is 7.66. The minimum Gasteiger partial charge on any atom is -0.382 e. The molecule has 0 saturated heterocycles. The van der Waals surface area contributed by atoms with Crippen LogP contribution >= 0.6 is 11.6 Å². The van der Waals surface area contributed by atoms with E-state index in [2.05, 4.69) is 25.3 Å². The fourth-order valence-electron chi connectivity index (χ4n) is 1.56. The van der Waals surface area contributed by atoms with Gasteiger partial charge < -0.3 is 5.73 Å². The van der Waals surface area contributed by atoms with Crippen molar-refractivity contribution in [1.29, 1.82) is 0 Å². The lowest BCUT2D eigenvalue weighted by atomic mass is 10.5. The van der Waals surface area contributed by atoms with Crippen LogP contribution < -0.4 is 5.73 Å². The molecule has 0 aliphatic heterocycles. The van der Waals surface area contributed by atoms with Gasteiger partial charge in [-0.25, -0.2) is 4.98 Å². The van der Waals surface area contributed by atoms with Crippen LogP contribution in [-0.4, -0.2) is 34.5 Å². The standard InChI is InChI=1S/C8H7ClN8/c1-16-6-4(5(10)13-7(9)14-6)12-8(16)17-3-2-11-15-17/h2-3H,1H3,(H2,10,13,14). The van der Waals surface area contributed by atoms with Gasteiger partial charge in [0.25, 0.3) is 0 Å². The third-order valence-electron chi connectivity index (χ3n) is 2.32. The van der Waals surface area contributed by atoms with E-state index >= 15 is 0 Å². The zero-order chi connectivity index (χ0) is 12.0. The van der Waals surface area contributed by atoms with Crippen LogP contribution in [0.2, 0.25) is 5.28 Å². The lowest BCUT2D eigenvalue weighted by molar-refractivity contribution is 0.721. The van der Waals surface area contributed by atoms with Crippen molar-refractivity contribution >= 4 is 28.6 Å². The summed E-state index contributed by atoms with van der Waals surface area (Å²) in [7, 11) is 1.79. The number of anilines is 1. The molecule has 9 heteroatoms. The van der Waals surface area contributed by atoms with Gasteiger partial charge in [0.1, 0.15) is 0 Å². The molecule has 86 valence electrons. The van der Waals surface area contributed by atoms with Gasteiger partial charge in [0.2, 0.25) is 11.2 Å². The number of nitrogen functional groups attached to an aromatic ring is 1. The Morgan fingerprint density at radius 3 is 2.82 bits per heavy atom. The largest absolute Gasteiger partial charge is 0.382 e. The highest BCUT2D eigenvalue weighted by Crippen LogP contribution is 2.20. The number of fused-ring (bicyclic) bond motifs is 1. The summed E-state index contributed by atoms with van der Waals surface area (Å²) in [5.41, 5.74) is 6.77. The summed E-state index contributed by atoms with van der Waals surface area (Å²) >= 11 is 5.75. The number of aromatic nitrogens is 7. The Bertz CT molecular complexity index is 685. The van der Waals surface area contributed by atoms with Crippen LogP contribution in [0.3, 0.4) is 0 Å². The maximum atomic E-state index is 5.75. The first kappa shape index (κ1) is 9.97. The van der Waals surface area contributed by atoms with Crippen LogP contribution in [0.4, 0.5) is 5.82 Å². The van der Waals surface area contributed by atoms with E-state index in [0.717, 1.165) is 0 Å². The monoisotopic (exact) mass is 250 g/mol. The topological polar surface area (TPSA) is 100 Å². The molecule has 0 fully saturated rings. The van der Waals surface area contributed by atoms with Gasteiger partial charge in [-0.3, -0.25) is 4.57 Å². The van der Waals surface area contributed by atoms with Gasteiger partial charge in [-0.1, -0.05) is 5.21 Å².